The maximum absolute atomic E-state index is 9.31. The highest BCUT2D eigenvalue weighted by atomic mass is 35.5. The molecule has 1 fully saturated rings. The number of imidazole rings is 1. The maximum Gasteiger partial charge on any atom is 0.215 e. The van der Waals surface area contributed by atoms with Crippen LogP contribution in [0.4, 0.5) is 0 Å². The third-order valence-electron chi connectivity index (χ3n) is 3.35. The SMILES string of the molecule is OC[C@H]1CO[C@](Cn2ccnc2)(c2ccc(Cl)cc2Cl)O1. The van der Waals surface area contributed by atoms with Crippen molar-refractivity contribution in [3.8, 4) is 0 Å². The van der Waals surface area contributed by atoms with Gasteiger partial charge in [0, 0.05) is 23.0 Å². The highest BCUT2D eigenvalue weighted by Gasteiger charge is 2.44. The molecule has 112 valence electrons. The number of aromatic nitrogens is 2. The van der Waals surface area contributed by atoms with Gasteiger partial charge in [-0.25, -0.2) is 4.98 Å². The van der Waals surface area contributed by atoms with Gasteiger partial charge in [-0.05, 0) is 12.1 Å². The third kappa shape index (κ3) is 2.93. The van der Waals surface area contributed by atoms with Crippen molar-refractivity contribution in [2.75, 3.05) is 13.2 Å². The highest BCUT2D eigenvalue weighted by Crippen LogP contribution is 2.40. The Kier molecular flexibility index (Phi) is 4.19. The number of benzene rings is 1. The van der Waals surface area contributed by atoms with Crippen LogP contribution in [0.15, 0.2) is 36.9 Å². The van der Waals surface area contributed by atoms with E-state index in [9.17, 15) is 5.11 Å². The summed E-state index contributed by atoms with van der Waals surface area (Å²) in [7, 11) is 0. The van der Waals surface area contributed by atoms with Gasteiger partial charge in [0.2, 0.25) is 5.79 Å². The first-order chi connectivity index (χ1) is 10.1. The average molecular weight is 329 g/mol. The molecule has 0 spiro atoms. The van der Waals surface area contributed by atoms with Gasteiger partial charge in [-0.2, -0.15) is 0 Å². The van der Waals surface area contributed by atoms with Gasteiger partial charge in [0.05, 0.1) is 31.1 Å². The van der Waals surface area contributed by atoms with Gasteiger partial charge in [-0.15, -0.1) is 0 Å². The molecule has 0 unspecified atom stereocenters. The molecule has 7 heteroatoms. The van der Waals surface area contributed by atoms with Crippen molar-refractivity contribution in [1.29, 1.82) is 0 Å². The Morgan fingerprint density at radius 3 is 2.90 bits per heavy atom. The summed E-state index contributed by atoms with van der Waals surface area (Å²) >= 11 is 12.2. The molecule has 0 saturated carbocycles. The normalized spacial score (nSPS) is 25.4. The Balaban J connectivity index is 1.99. The number of hydrogen-bond acceptors (Lipinski definition) is 4. The molecule has 2 aromatic rings. The lowest BCUT2D eigenvalue weighted by molar-refractivity contribution is -0.189. The van der Waals surface area contributed by atoms with E-state index in [1.54, 1.807) is 30.7 Å². The maximum atomic E-state index is 9.31. The smallest absolute Gasteiger partial charge is 0.215 e. The van der Waals surface area contributed by atoms with Gasteiger partial charge >= 0.3 is 0 Å². The van der Waals surface area contributed by atoms with E-state index in [-0.39, 0.29) is 12.7 Å². The van der Waals surface area contributed by atoms with Gasteiger partial charge in [-0.3, -0.25) is 0 Å². The van der Waals surface area contributed by atoms with Crippen LogP contribution < -0.4 is 0 Å². The molecule has 0 aliphatic carbocycles. The largest absolute Gasteiger partial charge is 0.394 e. The minimum Gasteiger partial charge on any atom is -0.394 e. The number of aliphatic hydroxyl groups excluding tert-OH is 1. The van der Waals surface area contributed by atoms with Gasteiger partial charge in [-0.1, -0.05) is 29.3 Å². The number of ether oxygens (including phenoxy) is 2. The summed E-state index contributed by atoms with van der Waals surface area (Å²) in [6.07, 6.45) is 4.77. The zero-order chi connectivity index (χ0) is 14.9. The first kappa shape index (κ1) is 14.8. The molecule has 2 atom stereocenters. The minimum absolute atomic E-state index is 0.114. The van der Waals surface area contributed by atoms with Crippen molar-refractivity contribution in [3.63, 3.8) is 0 Å². The monoisotopic (exact) mass is 328 g/mol. The first-order valence-corrected chi connectivity index (χ1v) is 7.22. The van der Waals surface area contributed by atoms with Crippen molar-refractivity contribution in [3.05, 3.63) is 52.5 Å². The molecule has 1 aliphatic rings. The summed E-state index contributed by atoms with van der Waals surface area (Å²) in [5.74, 6) is -1.06. The Labute approximate surface area is 132 Å². The van der Waals surface area contributed by atoms with Gasteiger partial charge in [0.1, 0.15) is 6.10 Å². The molecule has 5 nitrogen and oxygen atoms in total. The Morgan fingerprint density at radius 2 is 2.29 bits per heavy atom. The zero-order valence-electron chi connectivity index (χ0n) is 11.1. The highest BCUT2D eigenvalue weighted by molar-refractivity contribution is 6.35. The number of aliphatic hydroxyl groups is 1. The summed E-state index contributed by atoms with van der Waals surface area (Å²) < 4.78 is 13.6. The molecule has 0 amide bonds. The second-order valence-electron chi connectivity index (χ2n) is 4.85. The van der Waals surface area contributed by atoms with E-state index in [1.165, 1.54) is 0 Å². The van der Waals surface area contributed by atoms with E-state index in [2.05, 4.69) is 4.98 Å². The molecule has 1 aromatic carbocycles. The van der Waals surface area contributed by atoms with Crippen LogP contribution in [0.5, 0.6) is 0 Å². The molecule has 0 bridgehead atoms. The average Bonchev–Trinajstić information content (AvgIpc) is 3.09. The summed E-state index contributed by atoms with van der Waals surface area (Å²) in [4.78, 5) is 4.01. The fraction of sp³-hybridized carbons (Fsp3) is 0.357. The van der Waals surface area contributed by atoms with Crippen LogP contribution in [-0.2, 0) is 21.8 Å². The fourth-order valence-electron chi connectivity index (χ4n) is 2.38. The van der Waals surface area contributed by atoms with Crippen molar-refractivity contribution in [2.45, 2.75) is 18.4 Å². The Morgan fingerprint density at radius 1 is 1.43 bits per heavy atom. The minimum atomic E-state index is -1.06. The van der Waals surface area contributed by atoms with E-state index < -0.39 is 5.79 Å². The summed E-state index contributed by atoms with van der Waals surface area (Å²) in [5.41, 5.74) is 0.679. The van der Waals surface area contributed by atoms with Crippen LogP contribution in [0.25, 0.3) is 0 Å². The Hall–Kier alpha value is -1.11. The van der Waals surface area contributed by atoms with E-state index >= 15 is 0 Å². The lowest BCUT2D eigenvalue weighted by Crippen LogP contribution is -2.34. The summed E-state index contributed by atoms with van der Waals surface area (Å²) in [5, 5.41) is 10.3. The number of halogens is 2. The summed E-state index contributed by atoms with van der Waals surface area (Å²) in [6.45, 7) is 0.561. The second kappa shape index (κ2) is 5.94. The summed E-state index contributed by atoms with van der Waals surface area (Å²) in [6, 6.07) is 5.16. The van der Waals surface area contributed by atoms with E-state index in [0.29, 0.717) is 28.8 Å². The van der Waals surface area contributed by atoms with Crippen molar-refractivity contribution < 1.29 is 14.6 Å². The second-order valence-corrected chi connectivity index (χ2v) is 5.69. The van der Waals surface area contributed by atoms with Crippen LogP contribution in [0.2, 0.25) is 10.0 Å². The van der Waals surface area contributed by atoms with E-state index in [4.69, 9.17) is 32.7 Å². The number of rotatable bonds is 4. The molecule has 0 radical (unpaired) electrons. The predicted molar refractivity (Wildman–Crippen MR) is 78.3 cm³/mol. The fourth-order valence-corrected chi connectivity index (χ4v) is 2.94. The number of nitrogens with zero attached hydrogens (tertiary/aromatic N) is 2. The molecule has 2 heterocycles. The van der Waals surface area contributed by atoms with Gasteiger partial charge in [0.15, 0.2) is 0 Å². The standard InChI is InChI=1S/C14H14Cl2N2O3/c15-10-1-2-12(13(16)5-10)14(8-18-4-3-17-9-18)20-7-11(6-19)21-14/h1-5,9,11,19H,6-8H2/t11-,14-/m0/s1. The van der Waals surface area contributed by atoms with E-state index in [0.717, 1.165) is 0 Å². The van der Waals surface area contributed by atoms with Crippen LogP contribution in [-0.4, -0.2) is 34.0 Å². The topological polar surface area (TPSA) is 56.5 Å². The van der Waals surface area contributed by atoms with Crippen molar-refractivity contribution in [2.24, 2.45) is 0 Å². The molecular formula is C14H14Cl2N2O3. The van der Waals surface area contributed by atoms with Crippen LogP contribution in [0.3, 0.4) is 0 Å². The molecule has 3 rings (SSSR count). The van der Waals surface area contributed by atoms with Crippen LogP contribution in [0, 0.1) is 0 Å². The van der Waals surface area contributed by atoms with Gasteiger partial charge in [0.25, 0.3) is 0 Å². The first-order valence-electron chi connectivity index (χ1n) is 6.47. The zero-order valence-corrected chi connectivity index (χ0v) is 12.6. The Bertz CT molecular complexity index is 621. The van der Waals surface area contributed by atoms with Crippen molar-refractivity contribution >= 4 is 23.2 Å². The van der Waals surface area contributed by atoms with Gasteiger partial charge < -0.3 is 19.1 Å². The van der Waals surface area contributed by atoms with Crippen LogP contribution in [0.1, 0.15) is 5.56 Å². The number of hydrogen-bond donors (Lipinski definition) is 1. The lowest BCUT2D eigenvalue weighted by atomic mass is 10.1. The van der Waals surface area contributed by atoms with Crippen molar-refractivity contribution in [1.82, 2.24) is 9.55 Å². The molecule has 1 saturated heterocycles. The molecular weight excluding hydrogens is 315 g/mol. The van der Waals surface area contributed by atoms with Crippen LogP contribution >= 0.6 is 23.2 Å². The van der Waals surface area contributed by atoms with E-state index in [1.807, 2.05) is 10.8 Å². The molecule has 1 aliphatic heterocycles. The quantitative estimate of drug-likeness (QED) is 0.936. The predicted octanol–water partition coefficient (Wildman–Crippen LogP) is 2.45. The lowest BCUT2D eigenvalue weighted by Gasteiger charge is -2.29. The molecule has 1 aromatic heterocycles. The molecule has 21 heavy (non-hydrogen) atoms. The molecule has 1 N–H and O–H groups in total. The third-order valence-corrected chi connectivity index (χ3v) is 3.90.